The topological polar surface area (TPSA) is 59.0 Å². The molecule has 6 rings (SSSR count). The second kappa shape index (κ2) is 10.1. The van der Waals surface area contributed by atoms with Crippen molar-refractivity contribution in [3.05, 3.63) is 87.9 Å². The van der Waals surface area contributed by atoms with Gasteiger partial charge in [0.15, 0.2) is 11.5 Å². The van der Waals surface area contributed by atoms with Crippen molar-refractivity contribution in [3.8, 4) is 11.5 Å². The van der Waals surface area contributed by atoms with Gasteiger partial charge in [0, 0.05) is 16.1 Å². The Bertz CT molecular complexity index is 1410. The van der Waals surface area contributed by atoms with Crippen LogP contribution in [0.2, 0.25) is 5.02 Å². The standard InChI is InChI=1S/C34H38ClNO4/c1-21(2)40-30-19-28-24(17-29(30)39-4)18-31(37)36(32(28)23-5-9-26(35)10-6-23)27-11-7-25(8-12-27)33(3,38)34-15-13-22(20-34)14-16-34/h5-12,17,19,21-22,32,38H,13-16,18,20H2,1-4H3/t22?,32-,33?,34?/m0/s1. The van der Waals surface area contributed by atoms with Crippen LogP contribution in [0.25, 0.3) is 0 Å². The van der Waals surface area contributed by atoms with E-state index in [4.69, 9.17) is 21.1 Å². The van der Waals surface area contributed by atoms with Crippen molar-refractivity contribution in [2.45, 2.75) is 77.0 Å². The van der Waals surface area contributed by atoms with E-state index in [0.29, 0.717) is 16.5 Å². The van der Waals surface area contributed by atoms with Gasteiger partial charge in [0.1, 0.15) is 0 Å². The van der Waals surface area contributed by atoms with E-state index in [1.54, 1.807) is 7.11 Å². The summed E-state index contributed by atoms with van der Waals surface area (Å²) in [6, 6.07) is 19.3. The smallest absolute Gasteiger partial charge is 0.232 e. The zero-order chi connectivity index (χ0) is 28.2. The number of ether oxygens (including phenoxy) is 2. The van der Waals surface area contributed by atoms with E-state index >= 15 is 0 Å². The summed E-state index contributed by atoms with van der Waals surface area (Å²) in [5, 5.41) is 12.5. The number of rotatable bonds is 7. The summed E-state index contributed by atoms with van der Waals surface area (Å²) in [4.78, 5) is 15.7. The number of benzene rings is 3. The Morgan fingerprint density at radius 3 is 2.27 bits per heavy atom. The van der Waals surface area contributed by atoms with Crippen molar-refractivity contribution < 1.29 is 19.4 Å². The Labute approximate surface area is 242 Å². The van der Waals surface area contributed by atoms with E-state index in [1.807, 2.05) is 86.3 Å². The van der Waals surface area contributed by atoms with Gasteiger partial charge in [-0.2, -0.15) is 0 Å². The number of hydrogen-bond acceptors (Lipinski definition) is 4. The van der Waals surface area contributed by atoms with Crippen LogP contribution in [0, 0.1) is 11.3 Å². The molecule has 2 atom stereocenters. The third-order valence-electron chi connectivity index (χ3n) is 9.62. The minimum Gasteiger partial charge on any atom is -0.493 e. The predicted octanol–water partition coefficient (Wildman–Crippen LogP) is 7.60. The molecular weight excluding hydrogens is 522 g/mol. The average Bonchev–Trinajstić information content (AvgIpc) is 3.56. The second-order valence-electron chi connectivity index (χ2n) is 12.3. The molecule has 5 nitrogen and oxygen atoms in total. The van der Waals surface area contributed by atoms with Crippen molar-refractivity contribution >= 4 is 23.2 Å². The Kier molecular flexibility index (Phi) is 6.87. The molecule has 0 saturated heterocycles. The number of carbonyl (C=O) groups is 1. The number of nitrogens with zero attached hydrogens (tertiary/aromatic N) is 1. The molecule has 3 aliphatic rings. The van der Waals surface area contributed by atoms with Crippen molar-refractivity contribution in [2.24, 2.45) is 11.3 Å². The molecule has 0 radical (unpaired) electrons. The molecule has 0 spiro atoms. The first-order valence-electron chi connectivity index (χ1n) is 14.4. The number of aliphatic hydroxyl groups is 1. The van der Waals surface area contributed by atoms with Crippen molar-refractivity contribution in [1.82, 2.24) is 0 Å². The first-order chi connectivity index (χ1) is 19.1. The molecule has 1 N–H and O–H groups in total. The molecule has 1 amide bonds. The van der Waals surface area contributed by atoms with Gasteiger partial charge in [-0.1, -0.05) is 35.9 Å². The van der Waals surface area contributed by atoms with Gasteiger partial charge in [-0.15, -0.1) is 0 Å². The molecule has 1 heterocycles. The SMILES string of the molecule is COc1cc2c(cc1OC(C)C)[C@H](c1ccc(Cl)cc1)N(c1ccc(C(C)(O)C34CCC(CC3)C4)cc1)C(=O)C2. The van der Waals surface area contributed by atoms with Crippen LogP contribution in [0.4, 0.5) is 5.69 Å². The first kappa shape index (κ1) is 27.2. The zero-order valence-corrected chi connectivity index (χ0v) is 24.5. The van der Waals surface area contributed by atoms with Crippen LogP contribution in [0.3, 0.4) is 0 Å². The number of amides is 1. The number of halogens is 1. The highest BCUT2D eigenvalue weighted by molar-refractivity contribution is 6.30. The lowest BCUT2D eigenvalue weighted by Gasteiger charge is -2.42. The van der Waals surface area contributed by atoms with Gasteiger partial charge in [0.2, 0.25) is 5.91 Å². The van der Waals surface area contributed by atoms with Crippen LogP contribution in [-0.2, 0) is 16.8 Å². The fourth-order valence-electron chi connectivity index (χ4n) is 7.46. The summed E-state index contributed by atoms with van der Waals surface area (Å²) in [5.41, 5.74) is 3.65. The highest BCUT2D eigenvalue weighted by atomic mass is 35.5. The molecule has 0 aromatic heterocycles. The van der Waals surface area contributed by atoms with Crippen LogP contribution in [0.5, 0.6) is 11.5 Å². The molecule has 1 aliphatic heterocycles. The fraction of sp³-hybridized carbons (Fsp3) is 0.441. The third-order valence-corrected chi connectivity index (χ3v) is 9.87. The van der Waals surface area contributed by atoms with E-state index in [-0.39, 0.29) is 29.9 Å². The maximum absolute atomic E-state index is 13.8. The van der Waals surface area contributed by atoms with Crippen LogP contribution in [-0.4, -0.2) is 24.2 Å². The Hall–Kier alpha value is -3.02. The molecule has 2 bridgehead atoms. The molecule has 40 heavy (non-hydrogen) atoms. The van der Waals surface area contributed by atoms with E-state index in [0.717, 1.165) is 53.1 Å². The monoisotopic (exact) mass is 559 g/mol. The van der Waals surface area contributed by atoms with E-state index in [1.165, 1.54) is 12.8 Å². The Morgan fingerprint density at radius 1 is 1.02 bits per heavy atom. The molecule has 1 unspecified atom stereocenters. The van der Waals surface area contributed by atoms with Gasteiger partial charge in [-0.3, -0.25) is 4.79 Å². The summed E-state index contributed by atoms with van der Waals surface area (Å²) < 4.78 is 11.8. The molecule has 2 fully saturated rings. The zero-order valence-electron chi connectivity index (χ0n) is 23.7. The number of carbonyl (C=O) groups excluding carboxylic acids is 1. The third kappa shape index (κ3) is 4.48. The van der Waals surface area contributed by atoms with Crippen molar-refractivity contribution in [3.63, 3.8) is 0 Å². The van der Waals surface area contributed by atoms with Crippen LogP contribution < -0.4 is 14.4 Å². The Balaban J connectivity index is 1.42. The summed E-state index contributed by atoms with van der Waals surface area (Å²) >= 11 is 6.25. The van der Waals surface area contributed by atoms with E-state index in [2.05, 4.69) is 0 Å². The van der Waals surface area contributed by atoms with E-state index in [9.17, 15) is 9.90 Å². The predicted molar refractivity (Wildman–Crippen MR) is 158 cm³/mol. The van der Waals surface area contributed by atoms with Gasteiger partial charge in [0.25, 0.3) is 0 Å². The van der Waals surface area contributed by atoms with Crippen LogP contribution in [0.1, 0.15) is 81.2 Å². The molecule has 2 saturated carbocycles. The number of methoxy groups -OCH3 is 1. The summed E-state index contributed by atoms with van der Waals surface area (Å²) in [6.07, 6.45) is 5.91. The lowest BCUT2D eigenvalue weighted by molar-refractivity contribution is -0.118. The molecule has 6 heteroatoms. The molecule has 3 aromatic carbocycles. The van der Waals surface area contributed by atoms with Crippen LogP contribution in [0.15, 0.2) is 60.7 Å². The second-order valence-corrected chi connectivity index (χ2v) is 12.7. The molecule has 2 aliphatic carbocycles. The fourth-order valence-corrected chi connectivity index (χ4v) is 7.58. The first-order valence-corrected chi connectivity index (χ1v) is 14.8. The quantitative estimate of drug-likeness (QED) is 0.324. The average molecular weight is 560 g/mol. The number of anilines is 1. The van der Waals surface area contributed by atoms with Gasteiger partial charge < -0.3 is 19.5 Å². The van der Waals surface area contributed by atoms with Crippen molar-refractivity contribution in [1.29, 1.82) is 0 Å². The summed E-state index contributed by atoms with van der Waals surface area (Å²) in [5.74, 6) is 2.02. The van der Waals surface area contributed by atoms with Gasteiger partial charge in [0.05, 0.1) is 31.3 Å². The highest BCUT2D eigenvalue weighted by Gasteiger charge is 2.55. The lowest BCUT2D eigenvalue weighted by Crippen LogP contribution is -2.42. The van der Waals surface area contributed by atoms with Crippen LogP contribution >= 0.6 is 11.6 Å². The molecule has 3 aromatic rings. The minimum atomic E-state index is -0.898. The number of fused-ring (bicyclic) bond motifs is 3. The maximum Gasteiger partial charge on any atom is 0.232 e. The van der Waals surface area contributed by atoms with Gasteiger partial charge >= 0.3 is 0 Å². The largest absolute Gasteiger partial charge is 0.493 e. The Morgan fingerprint density at radius 2 is 1.70 bits per heavy atom. The van der Waals surface area contributed by atoms with E-state index < -0.39 is 5.60 Å². The molecule has 210 valence electrons. The van der Waals surface area contributed by atoms with Crippen molar-refractivity contribution in [2.75, 3.05) is 12.0 Å². The lowest BCUT2D eigenvalue weighted by atomic mass is 9.67. The minimum absolute atomic E-state index is 0.000405. The summed E-state index contributed by atoms with van der Waals surface area (Å²) in [7, 11) is 1.62. The highest BCUT2D eigenvalue weighted by Crippen LogP contribution is 2.62. The van der Waals surface area contributed by atoms with Gasteiger partial charge in [-0.25, -0.2) is 0 Å². The maximum atomic E-state index is 13.8. The molecular formula is C34H38ClNO4. The summed E-state index contributed by atoms with van der Waals surface area (Å²) in [6.45, 7) is 5.95. The van der Waals surface area contributed by atoms with Gasteiger partial charge in [-0.05, 0) is 117 Å². The normalized spacial score (nSPS) is 25.2. The number of hydrogen-bond donors (Lipinski definition) is 1.